The summed E-state index contributed by atoms with van der Waals surface area (Å²) in [5.41, 5.74) is 0.0548. The second-order valence-electron chi connectivity index (χ2n) is 3.46. The average Bonchev–Trinajstić information content (AvgIpc) is 2.43. The normalized spacial score (nSPS) is 10.1. The monoisotopic (exact) mass is 303 g/mol. The van der Waals surface area contributed by atoms with Crippen LogP contribution in [0.2, 0.25) is 5.02 Å². The molecule has 8 heteroatoms. The van der Waals surface area contributed by atoms with Crippen molar-refractivity contribution in [2.45, 2.75) is 18.5 Å². The van der Waals surface area contributed by atoms with E-state index in [1.165, 1.54) is 25.1 Å². The van der Waals surface area contributed by atoms with E-state index in [9.17, 15) is 9.59 Å². The Labute approximate surface area is 120 Å². The summed E-state index contributed by atoms with van der Waals surface area (Å²) in [4.78, 5) is 30.8. The zero-order valence-corrected chi connectivity index (χ0v) is 12.2. The summed E-state index contributed by atoms with van der Waals surface area (Å²) in [5, 5.41) is 3.00. The topological polar surface area (TPSA) is 81.2 Å². The Bertz CT molecular complexity index is 470. The number of aromatic nitrogens is 2. The van der Waals surface area contributed by atoms with E-state index in [1.807, 2.05) is 6.92 Å². The molecule has 0 saturated heterocycles. The summed E-state index contributed by atoms with van der Waals surface area (Å²) in [5.74, 6) is -0.222. The number of halogens is 1. The standard InChI is InChI=1S/C11H14ClN3O3S/c1-3-4-19-11-14-5-7(12)9(15-11)10(17)13-6-8(16)18-2/h5H,3-4,6H2,1-2H3,(H,13,17). The molecule has 0 aliphatic rings. The van der Waals surface area contributed by atoms with Gasteiger partial charge >= 0.3 is 5.97 Å². The summed E-state index contributed by atoms with van der Waals surface area (Å²) in [6, 6.07) is 0. The summed E-state index contributed by atoms with van der Waals surface area (Å²) in [7, 11) is 1.24. The Morgan fingerprint density at radius 2 is 2.26 bits per heavy atom. The van der Waals surface area contributed by atoms with Crippen LogP contribution in [0.25, 0.3) is 0 Å². The highest BCUT2D eigenvalue weighted by Crippen LogP contribution is 2.18. The van der Waals surface area contributed by atoms with E-state index >= 15 is 0 Å². The predicted octanol–water partition coefficient (Wildman–Crippen LogP) is 1.53. The van der Waals surface area contributed by atoms with Gasteiger partial charge in [-0.25, -0.2) is 9.97 Å². The maximum absolute atomic E-state index is 11.8. The third-order valence-corrected chi connectivity index (χ3v) is 3.34. The van der Waals surface area contributed by atoms with Crippen LogP contribution in [0.5, 0.6) is 0 Å². The summed E-state index contributed by atoms with van der Waals surface area (Å²) >= 11 is 7.30. The fourth-order valence-corrected chi connectivity index (χ4v) is 1.93. The first-order chi connectivity index (χ1) is 9.08. The molecule has 1 aromatic heterocycles. The van der Waals surface area contributed by atoms with Crippen LogP contribution in [0.4, 0.5) is 0 Å². The lowest BCUT2D eigenvalue weighted by molar-refractivity contribution is -0.139. The molecule has 1 heterocycles. The Morgan fingerprint density at radius 3 is 2.89 bits per heavy atom. The molecule has 0 aromatic carbocycles. The molecule has 6 nitrogen and oxygen atoms in total. The van der Waals surface area contributed by atoms with Crippen LogP contribution >= 0.6 is 23.4 Å². The van der Waals surface area contributed by atoms with E-state index in [4.69, 9.17) is 11.6 Å². The van der Waals surface area contributed by atoms with Crippen LogP contribution < -0.4 is 5.32 Å². The SMILES string of the molecule is CCCSc1ncc(Cl)c(C(=O)NCC(=O)OC)n1. The smallest absolute Gasteiger partial charge is 0.325 e. The molecule has 0 atom stereocenters. The minimum Gasteiger partial charge on any atom is -0.468 e. The van der Waals surface area contributed by atoms with E-state index in [2.05, 4.69) is 20.0 Å². The number of hydrogen-bond donors (Lipinski definition) is 1. The highest BCUT2D eigenvalue weighted by Gasteiger charge is 2.15. The van der Waals surface area contributed by atoms with Gasteiger partial charge in [0.25, 0.3) is 5.91 Å². The molecular weight excluding hydrogens is 290 g/mol. The Balaban J connectivity index is 2.74. The molecule has 1 amide bonds. The number of hydrogen-bond acceptors (Lipinski definition) is 6. The molecule has 1 N–H and O–H groups in total. The summed E-state index contributed by atoms with van der Waals surface area (Å²) in [6.07, 6.45) is 2.35. The van der Waals surface area contributed by atoms with Crippen LogP contribution in [-0.4, -0.2) is 41.3 Å². The quantitative estimate of drug-likeness (QED) is 0.488. The van der Waals surface area contributed by atoms with Gasteiger partial charge in [0.1, 0.15) is 6.54 Å². The van der Waals surface area contributed by atoms with Crippen LogP contribution in [0.15, 0.2) is 11.4 Å². The van der Waals surface area contributed by atoms with Crippen molar-refractivity contribution < 1.29 is 14.3 Å². The van der Waals surface area contributed by atoms with Crippen LogP contribution in [-0.2, 0) is 9.53 Å². The minimum atomic E-state index is -0.542. The molecule has 0 fully saturated rings. The molecule has 1 rings (SSSR count). The Kier molecular flexibility index (Phi) is 6.58. The highest BCUT2D eigenvalue weighted by molar-refractivity contribution is 7.99. The first kappa shape index (κ1) is 15.7. The molecule has 0 aliphatic carbocycles. The third kappa shape index (κ3) is 5.04. The third-order valence-electron chi connectivity index (χ3n) is 1.99. The summed E-state index contributed by atoms with van der Waals surface area (Å²) < 4.78 is 4.42. The number of amides is 1. The van der Waals surface area contributed by atoms with Crippen molar-refractivity contribution >= 4 is 35.2 Å². The number of carbonyl (C=O) groups is 2. The first-order valence-electron chi connectivity index (χ1n) is 5.58. The van der Waals surface area contributed by atoms with Crippen molar-refractivity contribution in [2.75, 3.05) is 19.4 Å². The van der Waals surface area contributed by atoms with E-state index in [1.54, 1.807) is 0 Å². The van der Waals surface area contributed by atoms with Gasteiger partial charge in [-0.1, -0.05) is 30.3 Å². The van der Waals surface area contributed by atoms with Crippen molar-refractivity contribution in [1.29, 1.82) is 0 Å². The maximum Gasteiger partial charge on any atom is 0.325 e. The fraction of sp³-hybridized carbons (Fsp3) is 0.455. The summed E-state index contributed by atoms with van der Waals surface area (Å²) in [6.45, 7) is 1.81. The van der Waals surface area contributed by atoms with Gasteiger partial charge in [0.15, 0.2) is 10.9 Å². The largest absolute Gasteiger partial charge is 0.468 e. The van der Waals surface area contributed by atoms with Crippen molar-refractivity contribution in [3.63, 3.8) is 0 Å². The van der Waals surface area contributed by atoms with Crippen molar-refractivity contribution in [1.82, 2.24) is 15.3 Å². The molecule has 0 radical (unpaired) electrons. The number of rotatable bonds is 6. The van der Waals surface area contributed by atoms with Gasteiger partial charge in [-0.05, 0) is 6.42 Å². The molecule has 0 spiro atoms. The van der Waals surface area contributed by atoms with Gasteiger partial charge in [-0.3, -0.25) is 9.59 Å². The van der Waals surface area contributed by atoms with Crippen molar-refractivity contribution in [3.8, 4) is 0 Å². The lowest BCUT2D eigenvalue weighted by Crippen LogP contribution is -2.31. The molecular formula is C11H14ClN3O3S. The van der Waals surface area contributed by atoms with Gasteiger partial charge in [-0.15, -0.1) is 0 Å². The van der Waals surface area contributed by atoms with Crippen molar-refractivity contribution in [2.24, 2.45) is 0 Å². The second-order valence-corrected chi connectivity index (χ2v) is 4.93. The molecule has 0 unspecified atom stereocenters. The zero-order chi connectivity index (χ0) is 14.3. The first-order valence-corrected chi connectivity index (χ1v) is 6.95. The number of methoxy groups -OCH3 is 1. The van der Waals surface area contributed by atoms with Gasteiger partial charge in [0, 0.05) is 5.75 Å². The molecule has 0 bridgehead atoms. The van der Waals surface area contributed by atoms with Gasteiger partial charge in [0.2, 0.25) is 0 Å². The van der Waals surface area contributed by atoms with Gasteiger partial charge < -0.3 is 10.1 Å². The molecule has 0 aliphatic heterocycles. The number of ether oxygens (including phenoxy) is 1. The zero-order valence-electron chi connectivity index (χ0n) is 10.6. The number of nitrogens with zero attached hydrogens (tertiary/aromatic N) is 2. The lowest BCUT2D eigenvalue weighted by atomic mass is 10.4. The van der Waals surface area contributed by atoms with Gasteiger partial charge in [-0.2, -0.15) is 0 Å². The average molecular weight is 304 g/mol. The van der Waals surface area contributed by atoms with Crippen LogP contribution in [0.1, 0.15) is 23.8 Å². The van der Waals surface area contributed by atoms with Crippen molar-refractivity contribution in [3.05, 3.63) is 16.9 Å². The molecule has 104 valence electrons. The molecule has 1 aromatic rings. The van der Waals surface area contributed by atoms with E-state index in [-0.39, 0.29) is 17.3 Å². The van der Waals surface area contributed by atoms with Gasteiger partial charge in [0.05, 0.1) is 18.3 Å². The Hall–Kier alpha value is -1.34. The van der Waals surface area contributed by atoms with Crippen LogP contribution in [0, 0.1) is 0 Å². The predicted molar refractivity (Wildman–Crippen MR) is 72.4 cm³/mol. The number of esters is 1. The fourth-order valence-electron chi connectivity index (χ4n) is 1.08. The Morgan fingerprint density at radius 1 is 1.53 bits per heavy atom. The van der Waals surface area contributed by atoms with Crippen LogP contribution in [0.3, 0.4) is 0 Å². The molecule has 19 heavy (non-hydrogen) atoms. The lowest BCUT2D eigenvalue weighted by Gasteiger charge is -2.06. The van der Waals surface area contributed by atoms with E-state index < -0.39 is 11.9 Å². The van der Waals surface area contributed by atoms with E-state index in [0.717, 1.165) is 12.2 Å². The highest BCUT2D eigenvalue weighted by atomic mass is 35.5. The molecule has 0 saturated carbocycles. The number of carbonyl (C=O) groups excluding carboxylic acids is 2. The maximum atomic E-state index is 11.8. The number of thioether (sulfide) groups is 1. The second kappa shape index (κ2) is 7.96. The van der Waals surface area contributed by atoms with E-state index in [0.29, 0.717) is 5.16 Å². The number of nitrogens with one attached hydrogen (secondary N) is 1. The minimum absolute atomic E-state index is 0.0548.